The number of amides is 1. The lowest BCUT2D eigenvalue weighted by atomic mass is 10.2. The molecule has 3 rings (SSSR count). The molecule has 158 valence electrons. The molecule has 0 aliphatic rings. The van der Waals surface area contributed by atoms with Gasteiger partial charge in [-0.1, -0.05) is 18.2 Å². The summed E-state index contributed by atoms with van der Waals surface area (Å²) in [6.45, 7) is 1.70. The zero-order valence-electron chi connectivity index (χ0n) is 16.6. The van der Waals surface area contributed by atoms with E-state index in [0.717, 1.165) is 9.18 Å². The zero-order valence-corrected chi connectivity index (χ0v) is 18.3. The van der Waals surface area contributed by atoms with Crippen LogP contribution in [0.1, 0.15) is 27.9 Å². The normalized spacial score (nSPS) is 11.6. The molecule has 1 aromatic carbocycles. The SMILES string of the molecule is CC(=O)c1ccc(S(=O)(=O)N(C)CC(=O)N(Cc2ccco2)Cc2cccs2)cc1. The van der Waals surface area contributed by atoms with Crippen LogP contribution in [0.25, 0.3) is 0 Å². The lowest BCUT2D eigenvalue weighted by molar-refractivity contribution is -0.132. The van der Waals surface area contributed by atoms with Gasteiger partial charge in [0.2, 0.25) is 15.9 Å². The van der Waals surface area contributed by atoms with Crippen LogP contribution in [0, 0.1) is 0 Å². The summed E-state index contributed by atoms with van der Waals surface area (Å²) < 4.78 is 32.1. The van der Waals surface area contributed by atoms with Crippen LogP contribution in [0.4, 0.5) is 0 Å². The van der Waals surface area contributed by atoms with Crippen LogP contribution in [0.5, 0.6) is 0 Å². The van der Waals surface area contributed by atoms with Gasteiger partial charge in [-0.15, -0.1) is 11.3 Å². The highest BCUT2D eigenvalue weighted by molar-refractivity contribution is 7.89. The van der Waals surface area contributed by atoms with E-state index in [-0.39, 0.29) is 29.7 Å². The molecule has 2 heterocycles. The van der Waals surface area contributed by atoms with Crippen molar-refractivity contribution in [2.75, 3.05) is 13.6 Å². The van der Waals surface area contributed by atoms with Crippen LogP contribution in [0.15, 0.2) is 69.5 Å². The zero-order chi connectivity index (χ0) is 21.7. The van der Waals surface area contributed by atoms with Crippen molar-refractivity contribution in [1.82, 2.24) is 9.21 Å². The number of hydrogen-bond acceptors (Lipinski definition) is 6. The van der Waals surface area contributed by atoms with E-state index in [1.807, 2.05) is 17.5 Å². The monoisotopic (exact) mass is 446 g/mol. The second-order valence-electron chi connectivity index (χ2n) is 6.75. The first-order chi connectivity index (χ1) is 14.3. The molecule has 0 spiro atoms. The maximum Gasteiger partial charge on any atom is 0.243 e. The van der Waals surface area contributed by atoms with Gasteiger partial charge >= 0.3 is 0 Å². The molecular weight excluding hydrogens is 424 g/mol. The van der Waals surface area contributed by atoms with Crippen molar-refractivity contribution in [3.8, 4) is 0 Å². The van der Waals surface area contributed by atoms with Gasteiger partial charge in [-0.25, -0.2) is 8.42 Å². The molecule has 7 nitrogen and oxygen atoms in total. The third kappa shape index (κ3) is 5.24. The first kappa shape index (κ1) is 21.9. The molecule has 0 unspecified atom stereocenters. The van der Waals surface area contributed by atoms with E-state index in [2.05, 4.69) is 0 Å². The van der Waals surface area contributed by atoms with Crippen molar-refractivity contribution in [3.63, 3.8) is 0 Å². The Bertz CT molecular complexity index is 1050. The van der Waals surface area contributed by atoms with Crippen molar-refractivity contribution in [2.24, 2.45) is 0 Å². The summed E-state index contributed by atoms with van der Waals surface area (Å²) in [5.74, 6) is 0.126. The number of sulfonamides is 1. The number of furan rings is 1. The molecule has 2 aromatic heterocycles. The molecule has 9 heteroatoms. The van der Waals surface area contributed by atoms with Gasteiger partial charge in [0.05, 0.1) is 30.8 Å². The Balaban J connectivity index is 1.75. The standard InChI is InChI=1S/C21H22N2O5S2/c1-16(24)17-7-9-20(10-8-17)30(26,27)22(2)15-21(25)23(13-18-5-3-11-28-18)14-19-6-4-12-29-19/h3-12H,13-15H2,1-2H3. The van der Waals surface area contributed by atoms with Crippen LogP contribution < -0.4 is 0 Å². The number of likely N-dealkylation sites (N-methyl/N-ethyl adjacent to an activating group) is 1. The molecule has 1 amide bonds. The van der Waals surface area contributed by atoms with E-state index in [1.54, 1.807) is 17.0 Å². The van der Waals surface area contributed by atoms with Crippen LogP contribution >= 0.6 is 11.3 Å². The number of carbonyl (C=O) groups excluding carboxylic acids is 2. The molecule has 0 saturated heterocycles. The number of thiophene rings is 1. The van der Waals surface area contributed by atoms with Crippen molar-refractivity contribution in [2.45, 2.75) is 24.9 Å². The van der Waals surface area contributed by atoms with Crippen LogP contribution in [-0.2, 0) is 27.9 Å². The summed E-state index contributed by atoms with van der Waals surface area (Å²) in [4.78, 5) is 26.9. The third-order valence-corrected chi connectivity index (χ3v) is 7.21. The molecule has 0 aliphatic carbocycles. The summed E-state index contributed by atoms with van der Waals surface area (Å²) in [6, 6.07) is 13.0. The largest absolute Gasteiger partial charge is 0.467 e. The van der Waals surface area contributed by atoms with E-state index in [0.29, 0.717) is 17.9 Å². The molecule has 0 radical (unpaired) electrons. The number of ketones is 1. The van der Waals surface area contributed by atoms with Crippen molar-refractivity contribution in [1.29, 1.82) is 0 Å². The smallest absolute Gasteiger partial charge is 0.243 e. The van der Waals surface area contributed by atoms with Gasteiger partial charge < -0.3 is 9.32 Å². The molecule has 0 saturated carbocycles. The summed E-state index contributed by atoms with van der Waals surface area (Å²) in [6.07, 6.45) is 1.53. The van der Waals surface area contributed by atoms with Crippen LogP contribution in [0.2, 0.25) is 0 Å². The summed E-state index contributed by atoms with van der Waals surface area (Å²) in [5.41, 5.74) is 0.424. The Hall–Kier alpha value is -2.75. The highest BCUT2D eigenvalue weighted by Gasteiger charge is 2.26. The van der Waals surface area contributed by atoms with Crippen molar-refractivity contribution < 1.29 is 22.4 Å². The number of Topliss-reactive ketones (excluding diaryl/α,β-unsaturated/α-hetero) is 1. The van der Waals surface area contributed by atoms with Gasteiger partial charge in [0, 0.05) is 17.5 Å². The number of hydrogen-bond donors (Lipinski definition) is 0. The fourth-order valence-electron chi connectivity index (χ4n) is 2.83. The number of carbonyl (C=O) groups is 2. The second-order valence-corrected chi connectivity index (χ2v) is 9.83. The Morgan fingerprint density at radius 3 is 2.33 bits per heavy atom. The van der Waals surface area contributed by atoms with E-state index >= 15 is 0 Å². The molecule has 3 aromatic rings. The average Bonchev–Trinajstić information content (AvgIpc) is 3.41. The minimum absolute atomic E-state index is 0.0265. The Morgan fingerprint density at radius 1 is 1.03 bits per heavy atom. The van der Waals surface area contributed by atoms with E-state index in [1.165, 1.54) is 55.8 Å². The Labute approximate surface area is 179 Å². The summed E-state index contributed by atoms with van der Waals surface area (Å²) >= 11 is 1.52. The number of rotatable bonds is 9. The van der Waals surface area contributed by atoms with Gasteiger partial charge in [-0.2, -0.15) is 4.31 Å². The van der Waals surface area contributed by atoms with E-state index < -0.39 is 10.0 Å². The quantitative estimate of drug-likeness (QED) is 0.470. The highest BCUT2D eigenvalue weighted by Crippen LogP contribution is 2.18. The topological polar surface area (TPSA) is 87.9 Å². The minimum atomic E-state index is -3.88. The molecule has 0 atom stereocenters. The molecule has 0 aliphatic heterocycles. The van der Waals surface area contributed by atoms with Crippen LogP contribution in [0.3, 0.4) is 0 Å². The van der Waals surface area contributed by atoms with Crippen molar-refractivity contribution >= 4 is 33.1 Å². The number of benzene rings is 1. The molecule has 0 bridgehead atoms. The first-order valence-corrected chi connectivity index (χ1v) is 11.5. The van der Waals surface area contributed by atoms with Gasteiger partial charge in [0.25, 0.3) is 0 Å². The lowest BCUT2D eigenvalue weighted by Gasteiger charge is -2.24. The third-order valence-electron chi connectivity index (χ3n) is 4.53. The Kier molecular flexibility index (Phi) is 6.86. The fourth-order valence-corrected chi connectivity index (χ4v) is 4.67. The van der Waals surface area contributed by atoms with Gasteiger partial charge in [-0.05, 0) is 42.6 Å². The predicted octanol–water partition coefficient (Wildman–Crippen LogP) is 3.39. The second kappa shape index (κ2) is 9.38. The molecule has 30 heavy (non-hydrogen) atoms. The minimum Gasteiger partial charge on any atom is -0.467 e. The van der Waals surface area contributed by atoms with Gasteiger partial charge in [0.15, 0.2) is 5.78 Å². The molecular formula is C21H22N2O5S2. The van der Waals surface area contributed by atoms with Crippen molar-refractivity contribution in [3.05, 3.63) is 76.4 Å². The maximum atomic E-state index is 13.0. The Morgan fingerprint density at radius 2 is 1.77 bits per heavy atom. The number of nitrogens with zero attached hydrogens (tertiary/aromatic N) is 2. The average molecular weight is 447 g/mol. The predicted molar refractivity (Wildman–Crippen MR) is 114 cm³/mol. The maximum absolute atomic E-state index is 13.0. The summed E-state index contributed by atoms with van der Waals surface area (Å²) in [5, 5.41) is 1.92. The lowest BCUT2D eigenvalue weighted by Crippen LogP contribution is -2.40. The molecule has 0 fully saturated rings. The van der Waals surface area contributed by atoms with E-state index in [4.69, 9.17) is 4.42 Å². The fraction of sp³-hybridized carbons (Fsp3) is 0.238. The molecule has 0 N–H and O–H groups in total. The first-order valence-electron chi connectivity index (χ1n) is 9.17. The van der Waals surface area contributed by atoms with Crippen LogP contribution in [-0.4, -0.2) is 42.9 Å². The highest BCUT2D eigenvalue weighted by atomic mass is 32.2. The van der Waals surface area contributed by atoms with Gasteiger partial charge in [0.1, 0.15) is 5.76 Å². The summed E-state index contributed by atoms with van der Waals surface area (Å²) in [7, 11) is -2.52. The van der Waals surface area contributed by atoms with E-state index in [9.17, 15) is 18.0 Å². The van der Waals surface area contributed by atoms with Gasteiger partial charge in [-0.3, -0.25) is 9.59 Å².